The number of hydrazine groups is 1. The first kappa shape index (κ1) is 7.90. The minimum absolute atomic E-state index is 0.0417. The monoisotopic (exact) mass is 172 g/mol. The molecule has 0 aliphatic rings. The van der Waals surface area contributed by atoms with Crippen LogP contribution in [0.2, 0.25) is 5.15 Å². The smallest absolute Gasteiger partial charge is 0.287 e. The molecule has 0 aliphatic heterocycles. The third-order valence-corrected chi connectivity index (χ3v) is 1.17. The molecule has 1 amide bonds. The lowest BCUT2D eigenvalue weighted by Crippen LogP contribution is -2.31. The minimum Gasteiger partial charge on any atom is -0.287 e. The SMILES string of the molecule is NNC(=O)c1nccc(Cl)n1. The van der Waals surface area contributed by atoms with Gasteiger partial charge in [-0.15, -0.1) is 0 Å². The van der Waals surface area contributed by atoms with Crippen molar-refractivity contribution in [3.05, 3.63) is 23.2 Å². The molecule has 0 saturated heterocycles. The van der Waals surface area contributed by atoms with E-state index in [4.69, 9.17) is 17.4 Å². The molecule has 1 heterocycles. The lowest BCUT2D eigenvalue weighted by atomic mass is 10.5. The topological polar surface area (TPSA) is 80.9 Å². The highest BCUT2D eigenvalue weighted by molar-refractivity contribution is 6.29. The number of nitrogen functional groups attached to an aromatic ring is 1. The van der Waals surface area contributed by atoms with E-state index in [2.05, 4.69) is 9.97 Å². The van der Waals surface area contributed by atoms with Crippen LogP contribution >= 0.6 is 11.6 Å². The predicted octanol–water partition coefficient (Wildman–Crippen LogP) is -0.267. The molecule has 3 N–H and O–H groups in total. The Balaban J connectivity index is 2.96. The van der Waals surface area contributed by atoms with E-state index >= 15 is 0 Å². The standard InChI is InChI=1S/C5H5ClN4O/c6-3-1-2-8-4(9-3)5(11)10-7/h1-2H,7H2,(H,10,11). The Hall–Kier alpha value is -1.20. The fraction of sp³-hybridized carbons (Fsp3) is 0. The van der Waals surface area contributed by atoms with Crippen LogP contribution in [0.3, 0.4) is 0 Å². The Kier molecular flexibility index (Phi) is 2.35. The first-order chi connectivity index (χ1) is 5.24. The summed E-state index contributed by atoms with van der Waals surface area (Å²) in [5, 5.41) is 0.207. The normalized spacial score (nSPS) is 9.27. The van der Waals surface area contributed by atoms with Crippen LogP contribution in [0.5, 0.6) is 0 Å². The van der Waals surface area contributed by atoms with Crippen molar-refractivity contribution in [2.45, 2.75) is 0 Å². The van der Waals surface area contributed by atoms with Gasteiger partial charge in [-0.1, -0.05) is 11.6 Å². The van der Waals surface area contributed by atoms with Crippen LogP contribution < -0.4 is 11.3 Å². The van der Waals surface area contributed by atoms with Crippen LogP contribution in [-0.4, -0.2) is 15.9 Å². The van der Waals surface area contributed by atoms with Gasteiger partial charge in [0.1, 0.15) is 5.15 Å². The lowest BCUT2D eigenvalue weighted by molar-refractivity contribution is 0.0943. The molecule has 1 aromatic heterocycles. The maximum Gasteiger partial charge on any atom is 0.303 e. The second-order valence-corrected chi connectivity index (χ2v) is 2.06. The summed E-state index contributed by atoms with van der Waals surface area (Å²) in [6, 6.07) is 1.47. The summed E-state index contributed by atoms with van der Waals surface area (Å²) in [4.78, 5) is 18.0. The first-order valence-corrected chi connectivity index (χ1v) is 3.11. The number of aromatic nitrogens is 2. The second kappa shape index (κ2) is 3.27. The van der Waals surface area contributed by atoms with E-state index in [1.807, 2.05) is 5.43 Å². The van der Waals surface area contributed by atoms with Gasteiger partial charge in [-0.05, 0) is 6.07 Å². The average Bonchev–Trinajstić information content (AvgIpc) is 2.03. The highest BCUT2D eigenvalue weighted by Crippen LogP contribution is 2.01. The van der Waals surface area contributed by atoms with Crippen molar-refractivity contribution in [3.63, 3.8) is 0 Å². The van der Waals surface area contributed by atoms with Crippen molar-refractivity contribution in [2.24, 2.45) is 5.84 Å². The fourth-order valence-electron chi connectivity index (χ4n) is 0.511. The number of nitrogens with zero attached hydrogens (tertiary/aromatic N) is 2. The molecule has 0 spiro atoms. The lowest BCUT2D eigenvalue weighted by Gasteiger charge is -1.95. The molecule has 0 fully saturated rings. The molecule has 58 valence electrons. The number of carbonyl (C=O) groups excluding carboxylic acids is 1. The van der Waals surface area contributed by atoms with Crippen molar-refractivity contribution in [1.82, 2.24) is 15.4 Å². The molecule has 0 unspecified atom stereocenters. The van der Waals surface area contributed by atoms with Gasteiger partial charge < -0.3 is 0 Å². The number of rotatable bonds is 1. The summed E-state index contributed by atoms with van der Waals surface area (Å²) in [6.07, 6.45) is 1.37. The van der Waals surface area contributed by atoms with E-state index in [1.165, 1.54) is 12.3 Å². The largest absolute Gasteiger partial charge is 0.303 e. The van der Waals surface area contributed by atoms with E-state index < -0.39 is 5.91 Å². The minimum atomic E-state index is -0.563. The third-order valence-electron chi connectivity index (χ3n) is 0.956. The second-order valence-electron chi connectivity index (χ2n) is 1.68. The van der Waals surface area contributed by atoms with Gasteiger partial charge in [-0.25, -0.2) is 15.8 Å². The maximum atomic E-state index is 10.7. The van der Waals surface area contributed by atoms with Crippen molar-refractivity contribution in [3.8, 4) is 0 Å². The molecule has 5 nitrogen and oxygen atoms in total. The Morgan fingerprint density at radius 3 is 3.00 bits per heavy atom. The Morgan fingerprint density at radius 1 is 1.73 bits per heavy atom. The maximum absolute atomic E-state index is 10.7. The van der Waals surface area contributed by atoms with Gasteiger partial charge in [0.25, 0.3) is 0 Å². The zero-order chi connectivity index (χ0) is 8.27. The fourth-order valence-corrected chi connectivity index (χ4v) is 0.647. The van der Waals surface area contributed by atoms with Gasteiger partial charge in [0, 0.05) is 6.20 Å². The van der Waals surface area contributed by atoms with Gasteiger partial charge >= 0.3 is 5.91 Å². The Labute approximate surface area is 67.6 Å². The molecule has 0 radical (unpaired) electrons. The Bertz CT molecular complexity index is 277. The predicted molar refractivity (Wildman–Crippen MR) is 38.7 cm³/mol. The first-order valence-electron chi connectivity index (χ1n) is 2.73. The van der Waals surface area contributed by atoms with Crippen molar-refractivity contribution < 1.29 is 4.79 Å². The molecule has 0 aromatic carbocycles. The number of halogens is 1. The number of carbonyl (C=O) groups is 1. The van der Waals surface area contributed by atoms with Crippen LogP contribution in [0, 0.1) is 0 Å². The van der Waals surface area contributed by atoms with Gasteiger partial charge in [-0.2, -0.15) is 0 Å². The van der Waals surface area contributed by atoms with E-state index in [0.29, 0.717) is 0 Å². The molecule has 0 aliphatic carbocycles. The average molecular weight is 173 g/mol. The number of hydrogen-bond acceptors (Lipinski definition) is 4. The van der Waals surface area contributed by atoms with Crippen LogP contribution in [0.1, 0.15) is 10.6 Å². The quantitative estimate of drug-likeness (QED) is 0.265. The molecular weight excluding hydrogens is 168 g/mol. The van der Waals surface area contributed by atoms with Crippen LogP contribution in [0.25, 0.3) is 0 Å². The summed E-state index contributed by atoms with van der Waals surface area (Å²) in [7, 11) is 0. The number of nitrogens with one attached hydrogen (secondary N) is 1. The van der Waals surface area contributed by atoms with Crippen molar-refractivity contribution in [2.75, 3.05) is 0 Å². The molecule has 6 heteroatoms. The van der Waals surface area contributed by atoms with Crippen LogP contribution in [0.4, 0.5) is 0 Å². The molecule has 0 bridgehead atoms. The van der Waals surface area contributed by atoms with E-state index in [0.717, 1.165) is 0 Å². The van der Waals surface area contributed by atoms with Gasteiger partial charge in [0.15, 0.2) is 0 Å². The summed E-state index contributed by atoms with van der Waals surface area (Å²) < 4.78 is 0. The third kappa shape index (κ3) is 1.86. The van der Waals surface area contributed by atoms with E-state index in [1.54, 1.807) is 0 Å². The van der Waals surface area contributed by atoms with E-state index in [-0.39, 0.29) is 11.0 Å². The molecular formula is C5H5ClN4O. The number of amides is 1. The number of hydrogen-bond donors (Lipinski definition) is 2. The van der Waals surface area contributed by atoms with Crippen molar-refractivity contribution in [1.29, 1.82) is 0 Å². The summed E-state index contributed by atoms with van der Waals surface area (Å²) in [5.74, 6) is 4.23. The van der Waals surface area contributed by atoms with Gasteiger partial charge in [0.2, 0.25) is 5.82 Å². The zero-order valence-electron chi connectivity index (χ0n) is 5.41. The van der Waals surface area contributed by atoms with E-state index in [9.17, 15) is 4.79 Å². The summed E-state index contributed by atoms with van der Waals surface area (Å²) in [5.41, 5.74) is 1.89. The molecule has 11 heavy (non-hydrogen) atoms. The highest BCUT2D eigenvalue weighted by atomic mass is 35.5. The molecule has 0 saturated carbocycles. The molecule has 1 rings (SSSR count). The van der Waals surface area contributed by atoms with Crippen LogP contribution in [-0.2, 0) is 0 Å². The Morgan fingerprint density at radius 2 is 2.45 bits per heavy atom. The summed E-state index contributed by atoms with van der Waals surface area (Å²) >= 11 is 5.47. The zero-order valence-corrected chi connectivity index (χ0v) is 6.17. The van der Waals surface area contributed by atoms with Crippen molar-refractivity contribution >= 4 is 17.5 Å². The number of nitrogens with two attached hydrogens (primary N) is 1. The molecule has 0 atom stereocenters. The van der Waals surface area contributed by atoms with Crippen LogP contribution in [0.15, 0.2) is 12.3 Å². The van der Waals surface area contributed by atoms with Gasteiger partial charge in [0.05, 0.1) is 0 Å². The highest BCUT2D eigenvalue weighted by Gasteiger charge is 2.05. The molecule has 1 aromatic rings. The van der Waals surface area contributed by atoms with Gasteiger partial charge in [-0.3, -0.25) is 10.2 Å². The summed E-state index contributed by atoms with van der Waals surface area (Å²) in [6.45, 7) is 0.